The van der Waals surface area contributed by atoms with Crippen molar-refractivity contribution < 1.29 is 9.47 Å². The second-order valence-electron chi connectivity index (χ2n) is 4.55. The Balaban J connectivity index is 2.71. The molecule has 0 aliphatic heterocycles. The summed E-state index contributed by atoms with van der Waals surface area (Å²) in [6.07, 6.45) is 3.63. The molecule has 0 aromatic heterocycles. The standard InChI is InChI=1S/C14H20O2/c1-5-15-10-9-12-7-6-8-13(11-12)16-14(2,3)4/h6-11H,5H2,1-4H3. The molecule has 0 saturated carbocycles. The van der Waals surface area contributed by atoms with E-state index in [1.807, 2.05) is 58.0 Å². The highest BCUT2D eigenvalue weighted by Crippen LogP contribution is 2.19. The maximum atomic E-state index is 5.77. The molecule has 0 spiro atoms. The van der Waals surface area contributed by atoms with Crippen molar-refractivity contribution in [3.8, 4) is 5.75 Å². The molecule has 0 heterocycles. The first-order valence-electron chi connectivity index (χ1n) is 5.58. The van der Waals surface area contributed by atoms with Crippen LogP contribution in [0.15, 0.2) is 30.5 Å². The average Bonchev–Trinajstić information content (AvgIpc) is 2.16. The second kappa shape index (κ2) is 5.59. The summed E-state index contributed by atoms with van der Waals surface area (Å²) in [5.41, 5.74) is 0.914. The number of hydrogen-bond acceptors (Lipinski definition) is 2. The van der Waals surface area contributed by atoms with Crippen molar-refractivity contribution in [1.29, 1.82) is 0 Å². The molecule has 0 bridgehead atoms. The predicted molar refractivity (Wildman–Crippen MR) is 67.5 cm³/mol. The number of hydrogen-bond donors (Lipinski definition) is 0. The lowest BCUT2D eigenvalue weighted by atomic mass is 10.1. The Kier molecular flexibility index (Phi) is 4.41. The molecule has 0 aliphatic rings. The van der Waals surface area contributed by atoms with E-state index < -0.39 is 0 Å². The lowest BCUT2D eigenvalue weighted by Crippen LogP contribution is -2.22. The van der Waals surface area contributed by atoms with Gasteiger partial charge in [0.05, 0.1) is 12.9 Å². The van der Waals surface area contributed by atoms with E-state index in [2.05, 4.69) is 0 Å². The van der Waals surface area contributed by atoms with Gasteiger partial charge < -0.3 is 9.47 Å². The van der Waals surface area contributed by atoms with Gasteiger partial charge in [-0.15, -0.1) is 0 Å². The van der Waals surface area contributed by atoms with Gasteiger partial charge in [0, 0.05) is 0 Å². The molecule has 0 unspecified atom stereocenters. The van der Waals surface area contributed by atoms with E-state index in [0.29, 0.717) is 6.61 Å². The molecule has 0 radical (unpaired) electrons. The fraction of sp³-hybridized carbons (Fsp3) is 0.429. The number of ether oxygens (including phenoxy) is 2. The zero-order valence-corrected chi connectivity index (χ0v) is 10.5. The molecule has 16 heavy (non-hydrogen) atoms. The predicted octanol–water partition coefficient (Wildman–Crippen LogP) is 3.87. The lowest BCUT2D eigenvalue weighted by molar-refractivity contribution is 0.131. The highest BCUT2D eigenvalue weighted by Gasteiger charge is 2.11. The minimum absolute atomic E-state index is 0.164. The molecule has 0 fully saturated rings. The Labute approximate surface area is 97.9 Å². The molecule has 0 saturated heterocycles. The third-order valence-electron chi connectivity index (χ3n) is 1.81. The smallest absolute Gasteiger partial charge is 0.120 e. The van der Waals surface area contributed by atoms with E-state index in [9.17, 15) is 0 Å². The van der Waals surface area contributed by atoms with Crippen LogP contribution in [0.5, 0.6) is 5.75 Å². The zero-order valence-electron chi connectivity index (χ0n) is 10.5. The van der Waals surface area contributed by atoms with Crippen molar-refractivity contribution in [1.82, 2.24) is 0 Å². The van der Waals surface area contributed by atoms with E-state index >= 15 is 0 Å². The SMILES string of the molecule is CCOC=Cc1cccc(OC(C)(C)C)c1. The summed E-state index contributed by atoms with van der Waals surface area (Å²) in [5, 5.41) is 0. The molecular weight excluding hydrogens is 200 g/mol. The van der Waals surface area contributed by atoms with Gasteiger partial charge in [0.25, 0.3) is 0 Å². The highest BCUT2D eigenvalue weighted by molar-refractivity contribution is 5.50. The summed E-state index contributed by atoms with van der Waals surface area (Å²) in [6, 6.07) is 7.96. The third kappa shape index (κ3) is 4.87. The maximum absolute atomic E-state index is 5.77. The van der Waals surface area contributed by atoms with Crippen molar-refractivity contribution in [2.75, 3.05) is 6.61 Å². The Hall–Kier alpha value is -1.44. The Bertz CT molecular complexity index is 348. The normalized spacial score (nSPS) is 11.8. The molecule has 1 aromatic rings. The summed E-state index contributed by atoms with van der Waals surface area (Å²) in [7, 11) is 0. The van der Waals surface area contributed by atoms with Crippen molar-refractivity contribution in [2.24, 2.45) is 0 Å². The largest absolute Gasteiger partial charge is 0.501 e. The van der Waals surface area contributed by atoms with Crippen LogP contribution in [0.3, 0.4) is 0 Å². The van der Waals surface area contributed by atoms with E-state index in [4.69, 9.17) is 9.47 Å². The quantitative estimate of drug-likeness (QED) is 0.717. The van der Waals surface area contributed by atoms with Crippen LogP contribution >= 0.6 is 0 Å². The summed E-state index contributed by atoms with van der Waals surface area (Å²) in [4.78, 5) is 0. The Morgan fingerprint density at radius 1 is 1.25 bits per heavy atom. The van der Waals surface area contributed by atoms with E-state index in [0.717, 1.165) is 11.3 Å². The molecule has 88 valence electrons. The fourth-order valence-corrected chi connectivity index (χ4v) is 1.26. The van der Waals surface area contributed by atoms with Gasteiger partial charge in [0.15, 0.2) is 0 Å². The fourth-order valence-electron chi connectivity index (χ4n) is 1.26. The maximum Gasteiger partial charge on any atom is 0.120 e. The van der Waals surface area contributed by atoms with Gasteiger partial charge in [-0.25, -0.2) is 0 Å². The van der Waals surface area contributed by atoms with Crippen LogP contribution in [0.2, 0.25) is 0 Å². The molecule has 0 atom stereocenters. The first kappa shape index (κ1) is 12.6. The number of rotatable bonds is 4. The van der Waals surface area contributed by atoms with Gasteiger partial charge in [-0.05, 0) is 51.5 Å². The van der Waals surface area contributed by atoms with Crippen molar-refractivity contribution >= 4 is 6.08 Å². The minimum Gasteiger partial charge on any atom is -0.501 e. The van der Waals surface area contributed by atoms with Crippen LogP contribution in [-0.4, -0.2) is 12.2 Å². The monoisotopic (exact) mass is 220 g/mol. The van der Waals surface area contributed by atoms with Gasteiger partial charge in [0.2, 0.25) is 0 Å². The van der Waals surface area contributed by atoms with E-state index in [1.54, 1.807) is 6.26 Å². The first-order valence-corrected chi connectivity index (χ1v) is 5.58. The summed E-state index contributed by atoms with van der Waals surface area (Å²) < 4.78 is 10.9. The van der Waals surface area contributed by atoms with Crippen LogP contribution in [0.1, 0.15) is 33.3 Å². The molecule has 1 rings (SSSR count). The third-order valence-corrected chi connectivity index (χ3v) is 1.81. The van der Waals surface area contributed by atoms with Gasteiger partial charge in [-0.3, -0.25) is 0 Å². The van der Waals surface area contributed by atoms with Crippen LogP contribution < -0.4 is 4.74 Å². The molecule has 2 heteroatoms. The Morgan fingerprint density at radius 3 is 2.62 bits per heavy atom. The number of benzene rings is 1. The summed E-state index contributed by atoms with van der Waals surface area (Å²) >= 11 is 0. The van der Waals surface area contributed by atoms with Gasteiger partial charge in [-0.2, -0.15) is 0 Å². The average molecular weight is 220 g/mol. The molecular formula is C14H20O2. The highest BCUT2D eigenvalue weighted by atomic mass is 16.5. The molecule has 1 aromatic carbocycles. The van der Waals surface area contributed by atoms with Crippen molar-refractivity contribution in [2.45, 2.75) is 33.3 Å². The van der Waals surface area contributed by atoms with Crippen molar-refractivity contribution in [3.63, 3.8) is 0 Å². The van der Waals surface area contributed by atoms with Gasteiger partial charge >= 0.3 is 0 Å². The topological polar surface area (TPSA) is 18.5 Å². The van der Waals surface area contributed by atoms with Crippen LogP contribution in [0, 0.1) is 0 Å². The molecule has 2 nitrogen and oxygen atoms in total. The summed E-state index contributed by atoms with van der Waals surface area (Å²) in [6.45, 7) is 8.76. The molecule has 0 aliphatic carbocycles. The van der Waals surface area contributed by atoms with E-state index in [1.165, 1.54) is 0 Å². The first-order chi connectivity index (χ1) is 7.51. The van der Waals surface area contributed by atoms with E-state index in [-0.39, 0.29) is 5.60 Å². The Morgan fingerprint density at radius 2 is 2.00 bits per heavy atom. The van der Waals surface area contributed by atoms with Crippen molar-refractivity contribution in [3.05, 3.63) is 36.1 Å². The molecule has 0 amide bonds. The zero-order chi connectivity index (χ0) is 12.0. The van der Waals surface area contributed by atoms with Gasteiger partial charge in [-0.1, -0.05) is 12.1 Å². The summed E-state index contributed by atoms with van der Waals surface area (Å²) in [5.74, 6) is 0.881. The van der Waals surface area contributed by atoms with Crippen LogP contribution in [0.25, 0.3) is 6.08 Å². The lowest BCUT2D eigenvalue weighted by Gasteiger charge is -2.21. The van der Waals surface area contributed by atoms with Crippen LogP contribution in [0.4, 0.5) is 0 Å². The minimum atomic E-state index is -0.164. The second-order valence-corrected chi connectivity index (χ2v) is 4.55. The molecule has 0 N–H and O–H groups in total. The van der Waals surface area contributed by atoms with Crippen LogP contribution in [-0.2, 0) is 4.74 Å². The van der Waals surface area contributed by atoms with Gasteiger partial charge in [0.1, 0.15) is 11.4 Å².